The predicted molar refractivity (Wildman–Crippen MR) is 124 cm³/mol. The zero-order valence-electron chi connectivity index (χ0n) is 17.3. The maximum atomic E-state index is 10.5. The first-order chi connectivity index (χ1) is 14.5. The molecular formula is C28H26O2. The van der Waals surface area contributed by atoms with Crippen LogP contribution in [0.5, 0.6) is 11.5 Å². The standard InChI is InChI=1S/C28H26O2/c1-19(2)28(22-13-15-26(29)24(17-22)20-9-5-3-6-10-20)23-14-16-27(30)25(18-23)21-11-7-4-8-12-21/h3-19,28-30H,1-2H3. The van der Waals surface area contributed by atoms with Gasteiger partial charge in [0.15, 0.2) is 0 Å². The second-order valence-corrected chi connectivity index (χ2v) is 8.01. The monoisotopic (exact) mass is 394 g/mol. The van der Waals surface area contributed by atoms with E-state index in [0.717, 1.165) is 33.4 Å². The maximum absolute atomic E-state index is 10.5. The summed E-state index contributed by atoms with van der Waals surface area (Å²) in [4.78, 5) is 0. The number of phenolic OH excluding ortho intramolecular Hbond substituents is 2. The average molecular weight is 395 g/mol. The first-order valence-electron chi connectivity index (χ1n) is 10.3. The fourth-order valence-corrected chi connectivity index (χ4v) is 4.15. The topological polar surface area (TPSA) is 40.5 Å². The van der Waals surface area contributed by atoms with Crippen LogP contribution < -0.4 is 0 Å². The molecule has 0 heterocycles. The van der Waals surface area contributed by atoms with Crippen LogP contribution in [-0.2, 0) is 0 Å². The van der Waals surface area contributed by atoms with Crippen molar-refractivity contribution in [1.29, 1.82) is 0 Å². The van der Waals surface area contributed by atoms with Crippen molar-refractivity contribution in [2.45, 2.75) is 19.8 Å². The third-order valence-electron chi connectivity index (χ3n) is 5.60. The van der Waals surface area contributed by atoms with Gasteiger partial charge in [-0.05, 0) is 52.4 Å². The van der Waals surface area contributed by atoms with Crippen molar-refractivity contribution in [2.75, 3.05) is 0 Å². The molecule has 2 N–H and O–H groups in total. The summed E-state index contributed by atoms with van der Waals surface area (Å²) < 4.78 is 0. The van der Waals surface area contributed by atoms with Crippen LogP contribution >= 0.6 is 0 Å². The Morgan fingerprint density at radius 1 is 0.533 bits per heavy atom. The maximum Gasteiger partial charge on any atom is 0.123 e. The Balaban J connectivity index is 1.81. The summed E-state index contributed by atoms with van der Waals surface area (Å²) in [5.41, 5.74) is 5.95. The van der Waals surface area contributed by atoms with Gasteiger partial charge in [0.1, 0.15) is 11.5 Å². The predicted octanol–water partition coefficient (Wildman–Crippen LogP) is 7.22. The van der Waals surface area contributed by atoms with E-state index >= 15 is 0 Å². The lowest BCUT2D eigenvalue weighted by molar-refractivity contribution is 0.475. The van der Waals surface area contributed by atoms with E-state index in [4.69, 9.17) is 0 Å². The number of aromatic hydroxyl groups is 2. The van der Waals surface area contributed by atoms with E-state index in [1.807, 2.05) is 72.8 Å². The van der Waals surface area contributed by atoms with Crippen LogP contribution in [0.1, 0.15) is 30.9 Å². The van der Waals surface area contributed by atoms with Gasteiger partial charge < -0.3 is 10.2 Å². The molecule has 4 rings (SSSR count). The van der Waals surface area contributed by atoms with Gasteiger partial charge in [-0.3, -0.25) is 0 Å². The van der Waals surface area contributed by atoms with E-state index in [9.17, 15) is 10.2 Å². The van der Waals surface area contributed by atoms with Crippen molar-refractivity contribution >= 4 is 0 Å². The van der Waals surface area contributed by atoms with Crippen molar-refractivity contribution in [3.8, 4) is 33.8 Å². The van der Waals surface area contributed by atoms with Crippen molar-refractivity contribution < 1.29 is 10.2 Å². The van der Waals surface area contributed by atoms with Crippen LogP contribution in [-0.4, -0.2) is 10.2 Å². The molecule has 2 nitrogen and oxygen atoms in total. The van der Waals surface area contributed by atoms with Crippen LogP contribution in [0.3, 0.4) is 0 Å². The molecule has 0 spiro atoms. The van der Waals surface area contributed by atoms with Gasteiger partial charge in [0.25, 0.3) is 0 Å². The molecule has 150 valence electrons. The third-order valence-corrected chi connectivity index (χ3v) is 5.60. The Bertz CT molecular complexity index is 1040. The van der Waals surface area contributed by atoms with E-state index in [-0.39, 0.29) is 17.4 Å². The molecule has 4 aromatic carbocycles. The molecule has 4 aromatic rings. The van der Waals surface area contributed by atoms with E-state index in [0.29, 0.717) is 5.92 Å². The van der Waals surface area contributed by atoms with E-state index in [1.165, 1.54) is 0 Å². The average Bonchev–Trinajstić information content (AvgIpc) is 2.77. The van der Waals surface area contributed by atoms with Crippen LogP contribution in [0, 0.1) is 5.92 Å². The van der Waals surface area contributed by atoms with Crippen LogP contribution in [0.15, 0.2) is 97.1 Å². The molecule has 0 fully saturated rings. The molecule has 0 radical (unpaired) electrons. The normalized spacial score (nSPS) is 11.2. The smallest absolute Gasteiger partial charge is 0.123 e. The third kappa shape index (κ3) is 3.95. The highest BCUT2D eigenvalue weighted by Gasteiger charge is 2.21. The summed E-state index contributed by atoms with van der Waals surface area (Å²) in [6, 6.07) is 31.7. The molecule has 30 heavy (non-hydrogen) atoms. The molecule has 0 aliphatic heterocycles. The Morgan fingerprint density at radius 3 is 1.30 bits per heavy atom. The van der Waals surface area contributed by atoms with Gasteiger partial charge in [-0.2, -0.15) is 0 Å². The summed E-state index contributed by atoms with van der Waals surface area (Å²) in [5, 5.41) is 21.0. The minimum Gasteiger partial charge on any atom is -0.507 e. The molecule has 0 atom stereocenters. The minimum absolute atomic E-state index is 0.135. The molecule has 0 aromatic heterocycles. The molecule has 0 saturated carbocycles. The largest absolute Gasteiger partial charge is 0.507 e. The fourth-order valence-electron chi connectivity index (χ4n) is 4.15. The highest BCUT2D eigenvalue weighted by molar-refractivity contribution is 5.73. The van der Waals surface area contributed by atoms with Gasteiger partial charge in [0.2, 0.25) is 0 Å². The minimum atomic E-state index is 0.135. The fraction of sp³-hybridized carbons (Fsp3) is 0.143. The van der Waals surface area contributed by atoms with E-state index in [1.54, 1.807) is 12.1 Å². The zero-order valence-corrected chi connectivity index (χ0v) is 17.3. The summed E-state index contributed by atoms with van der Waals surface area (Å²) in [7, 11) is 0. The van der Waals surface area contributed by atoms with E-state index < -0.39 is 0 Å². The lowest BCUT2D eigenvalue weighted by Crippen LogP contribution is -2.09. The lowest BCUT2D eigenvalue weighted by atomic mass is 9.80. The second-order valence-electron chi connectivity index (χ2n) is 8.01. The lowest BCUT2D eigenvalue weighted by Gasteiger charge is -2.24. The quantitative estimate of drug-likeness (QED) is 0.375. The van der Waals surface area contributed by atoms with Crippen LogP contribution in [0.25, 0.3) is 22.3 Å². The first kappa shape index (κ1) is 19.8. The highest BCUT2D eigenvalue weighted by Crippen LogP contribution is 2.40. The number of rotatable bonds is 5. The van der Waals surface area contributed by atoms with Gasteiger partial charge in [0, 0.05) is 17.0 Å². The Hall–Kier alpha value is -3.52. The van der Waals surface area contributed by atoms with Crippen LogP contribution in [0.2, 0.25) is 0 Å². The summed E-state index contributed by atoms with van der Waals surface area (Å²) in [6.45, 7) is 4.41. The number of phenols is 2. The molecule has 0 aliphatic carbocycles. The van der Waals surface area contributed by atoms with Crippen molar-refractivity contribution in [3.05, 3.63) is 108 Å². The molecule has 2 heteroatoms. The Labute approximate surface area is 178 Å². The van der Waals surface area contributed by atoms with Gasteiger partial charge in [0.05, 0.1) is 0 Å². The number of benzene rings is 4. The molecular weight excluding hydrogens is 368 g/mol. The van der Waals surface area contributed by atoms with Crippen molar-refractivity contribution in [3.63, 3.8) is 0 Å². The molecule has 0 unspecified atom stereocenters. The van der Waals surface area contributed by atoms with Gasteiger partial charge in [-0.25, -0.2) is 0 Å². The first-order valence-corrected chi connectivity index (χ1v) is 10.3. The molecule has 0 amide bonds. The Kier molecular flexibility index (Phi) is 5.58. The van der Waals surface area contributed by atoms with Gasteiger partial charge in [-0.1, -0.05) is 86.6 Å². The van der Waals surface area contributed by atoms with Crippen molar-refractivity contribution in [1.82, 2.24) is 0 Å². The molecule has 0 bridgehead atoms. The van der Waals surface area contributed by atoms with Crippen LogP contribution in [0.4, 0.5) is 0 Å². The SMILES string of the molecule is CC(C)C(c1ccc(O)c(-c2ccccc2)c1)c1ccc(O)c(-c2ccccc2)c1. The van der Waals surface area contributed by atoms with Gasteiger partial charge >= 0.3 is 0 Å². The number of hydrogen-bond donors (Lipinski definition) is 2. The van der Waals surface area contributed by atoms with E-state index in [2.05, 4.69) is 26.0 Å². The second kappa shape index (κ2) is 8.46. The Morgan fingerprint density at radius 2 is 0.933 bits per heavy atom. The summed E-state index contributed by atoms with van der Waals surface area (Å²) in [5.74, 6) is 1.04. The number of hydrogen-bond acceptors (Lipinski definition) is 2. The zero-order chi connectivity index (χ0) is 21.1. The van der Waals surface area contributed by atoms with Gasteiger partial charge in [-0.15, -0.1) is 0 Å². The molecule has 0 saturated heterocycles. The van der Waals surface area contributed by atoms with Crippen molar-refractivity contribution in [2.24, 2.45) is 5.92 Å². The molecule has 0 aliphatic rings. The highest BCUT2D eigenvalue weighted by atomic mass is 16.3. The summed E-state index contributed by atoms with van der Waals surface area (Å²) in [6.07, 6.45) is 0. The summed E-state index contributed by atoms with van der Waals surface area (Å²) >= 11 is 0.